The summed E-state index contributed by atoms with van der Waals surface area (Å²) in [4.78, 5) is 0. The first kappa shape index (κ1) is 13.5. The highest BCUT2D eigenvalue weighted by Gasteiger charge is 2.28. The maximum Gasteiger partial charge on any atom is 0.273 e. The smallest absolute Gasteiger partial charge is 0.273 e. The van der Waals surface area contributed by atoms with Gasteiger partial charge in [0.1, 0.15) is 0 Å². The molecule has 2 aromatic carbocycles. The lowest BCUT2D eigenvalue weighted by atomic mass is 9.99. The van der Waals surface area contributed by atoms with Gasteiger partial charge in [-0.25, -0.2) is 8.78 Å². The van der Waals surface area contributed by atoms with Crippen LogP contribution in [-0.2, 0) is 5.92 Å². The van der Waals surface area contributed by atoms with Crippen molar-refractivity contribution < 1.29 is 8.78 Å². The fraction of sp³-hybridized carbons (Fsp3) is 0.250. The number of nitrogens with one attached hydrogen (secondary N) is 1. The Bertz CT molecular complexity index is 564. The minimum Gasteiger partial charge on any atom is -0.388 e. The predicted molar refractivity (Wildman–Crippen MR) is 75.6 cm³/mol. The Morgan fingerprint density at radius 1 is 1.00 bits per heavy atom. The van der Waals surface area contributed by atoms with Crippen molar-refractivity contribution in [1.29, 1.82) is 0 Å². The Kier molecular flexibility index (Phi) is 3.84. The molecule has 0 aliphatic heterocycles. The molecule has 0 fully saturated rings. The number of benzene rings is 2. The van der Waals surface area contributed by atoms with E-state index in [4.69, 9.17) is 0 Å². The van der Waals surface area contributed by atoms with E-state index in [0.29, 0.717) is 0 Å². The first-order valence-electron chi connectivity index (χ1n) is 6.33. The summed E-state index contributed by atoms with van der Waals surface area (Å²) in [6, 6.07) is 14.3. The molecule has 0 amide bonds. The standard InChI is InChI=1S/C16H17F2N/c1-3-16(17,18)14-8-4-6-12(10-14)13-7-5-9-15(11-13)19-2/h4-11,19H,3H2,1-2H3. The number of hydrogen-bond donors (Lipinski definition) is 1. The van der Waals surface area contributed by atoms with Crippen LogP contribution in [0.25, 0.3) is 11.1 Å². The summed E-state index contributed by atoms with van der Waals surface area (Å²) in [7, 11) is 1.83. The van der Waals surface area contributed by atoms with E-state index >= 15 is 0 Å². The van der Waals surface area contributed by atoms with Gasteiger partial charge in [0.25, 0.3) is 5.92 Å². The predicted octanol–water partition coefficient (Wildman–Crippen LogP) is 4.90. The van der Waals surface area contributed by atoms with E-state index in [2.05, 4.69) is 5.32 Å². The van der Waals surface area contributed by atoms with Crippen molar-refractivity contribution in [3.05, 3.63) is 54.1 Å². The van der Waals surface area contributed by atoms with Crippen LogP contribution >= 0.6 is 0 Å². The van der Waals surface area contributed by atoms with E-state index in [0.717, 1.165) is 16.8 Å². The molecule has 0 unspecified atom stereocenters. The normalized spacial score (nSPS) is 11.4. The third kappa shape index (κ3) is 2.92. The summed E-state index contributed by atoms with van der Waals surface area (Å²) in [5.41, 5.74) is 2.77. The zero-order valence-corrected chi connectivity index (χ0v) is 11.1. The number of anilines is 1. The van der Waals surface area contributed by atoms with E-state index in [9.17, 15) is 8.78 Å². The van der Waals surface area contributed by atoms with Crippen LogP contribution in [0, 0.1) is 0 Å². The second-order valence-electron chi connectivity index (χ2n) is 4.47. The Morgan fingerprint density at radius 2 is 1.63 bits per heavy atom. The van der Waals surface area contributed by atoms with Crippen molar-refractivity contribution in [1.82, 2.24) is 0 Å². The Balaban J connectivity index is 2.43. The van der Waals surface area contributed by atoms with Gasteiger partial charge in [-0.2, -0.15) is 0 Å². The van der Waals surface area contributed by atoms with Crippen molar-refractivity contribution >= 4 is 5.69 Å². The van der Waals surface area contributed by atoms with Crippen molar-refractivity contribution in [3.63, 3.8) is 0 Å². The zero-order valence-electron chi connectivity index (χ0n) is 11.1. The van der Waals surface area contributed by atoms with E-state index < -0.39 is 5.92 Å². The molecule has 0 saturated heterocycles. The van der Waals surface area contributed by atoms with Crippen molar-refractivity contribution in [2.75, 3.05) is 12.4 Å². The number of rotatable bonds is 4. The van der Waals surface area contributed by atoms with Gasteiger partial charge >= 0.3 is 0 Å². The number of halogens is 2. The second kappa shape index (κ2) is 5.39. The highest BCUT2D eigenvalue weighted by atomic mass is 19.3. The quantitative estimate of drug-likeness (QED) is 0.825. The molecule has 2 rings (SSSR count). The molecule has 2 aromatic rings. The first-order chi connectivity index (χ1) is 9.06. The third-order valence-electron chi connectivity index (χ3n) is 3.21. The van der Waals surface area contributed by atoms with Crippen LogP contribution in [0.5, 0.6) is 0 Å². The summed E-state index contributed by atoms with van der Waals surface area (Å²) in [6.07, 6.45) is -0.187. The first-order valence-corrected chi connectivity index (χ1v) is 6.33. The summed E-state index contributed by atoms with van der Waals surface area (Å²) < 4.78 is 27.4. The minimum absolute atomic E-state index is 0.0716. The molecule has 0 atom stereocenters. The molecule has 0 spiro atoms. The highest BCUT2D eigenvalue weighted by molar-refractivity contribution is 5.68. The van der Waals surface area contributed by atoms with Gasteiger partial charge in [-0.3, -0.25) is 0 Å². The second-order valence-corrected chi connectivity index (χ2v) is 4.47. The zero-order chi connectivity index (χ0) is 13.9. The molecule has 0 aliphatic rings. The minimum atomic E-state index is -2.77. The lowest BCUT2D eigenvalue weighted by molar-refractivity contribution is -0.00824. The molecule has 3 heteroatoms. The lowest BCUT2D eigenvalue weighted by Crippen LogP contribution is -2.11. The van der Waals surface area contributed by atoms with Crippen molar-refractivity contribution in [2.45, 2.75) is 19.3 Å². The number of hydrogen-bond acceptors (Lipinski definition) is 1. The molecule has 0 aliphatic carbocycles. The monoisotopic (exact) mass is 261 g/mol. The molecule has 0 saturated carbocycles. The summed E-state index contributed by atoms with van der Waals surface area (Å²) in [5, 5.41) is 3.04. The van der Waals surface area contributed by atoms with E-state index in [1.165, 1.54) is 13.0 Å². The van der Waals surface area contributed by atoms with Crippen LogP contribution in [0.1, 0.15) is 18.9 Å². The molecular weight excluding hydrogens is 244 g/mol. The Hall–Kier alpha value is -1.90. The van der Waals surface area contributed by atoms with Crippen LogP contribution in [0.4, 0.5) is 14.5 Å². The fourth-order valence-electron chi connectivity index (χ4n) is 1.98. The SMILES string of the molecule is CCC(F)(F)c1cccc(-c2cccc(NC)c2)c1. The van der Waals surface area contributed by atoms with Gasteiger partial charge < -0.3 is 5.32 Å². The summed E-state index contributed by atoms with van der Waals surface area (Å²) in [5.74, 6) is -2.77. The maximum atomic E-state index is 13.7. The third-order valence-corrected chi connectivity index (χ3v) is 3.21. The van der Waals surface area contributed by atoms with Gasteiger partial charge in [-0.05, 0) is 29.3 Å². The molecule has 0 bridgehead atoms. The van der Waals surface area contributed by atoms with Gasteiger partial charge in [-0.15, -0.1) is 0 Å². The molecule has 0 radical (unpaired) electrons. The van der Waals surface area contributed by atoms with Crippen LogP contribution in [0.3, 0.4) is 0 Å². The van der Waals surface area contributed by atoms with Gasteiger partial charge in [0.05, 0.1) is 0 Å². The van der Waals surface area contributed by atoms with E-state index in [1.807, 2.05) is 37.4 Å². The average molecular weight is 261 g/mol. The van der Waals surface area contributed by atoms with Gasteiger partial charge in [0.2, 0.25) is 0 Å². The van der Waals surface area contributed by atoms with Crippen LogP contribution < -0.4 is 5.32 Å². The molecule has 0 heterocycles. The molecule has 1 N–H and O–H groups in total. The molecular formula is C16H17F2N. The van der Waals surface area contributed by atoms with Crippen LogP contribution in [-0.4, -0.2) is 7.05 Å². The van der Waals surface area contributed by atoms with E-state index in [-0.39, 0.29) is 12.0 Å². The fourth-order valence-corrected chi connectivity index (χ4v) is 1.98. The average Bonchev–Trinajstić information content (AvgIpc) is 2.47. The molecule has 1 nitrogen and oxygen atoms in total. The van der Waals surface area contributed by atoms with Gasteiger partial charge in [-0.1, -0.05) is 37.3 Å². The Morgan fingerprint density at radius 3 is 2.26 bits per heavy atom. The molecule has 0 aromatic heterocycles. The van der Waals surface area contributed by atoms with Gasteiger partial charge in [0, 0.05) is 24.7 Å². The van der Waals surface area contributed by atoms with Crippen LogP contribution in [0.2, 0.25) is 0 Å². The van der Waals surface area contributed by atoms with Crippen molar-refractivity contribution in [3.8, 4) is 11.1 Å². The summed E-state index contributed by atoms with van der Waals surface area (Å²) in [6.45, 7) is 1.49. The lowest BCUT2D eigenvalue weighted by Gasteiger charge is -2.15. The maximum absolute atomic E-state index is 13.7. The van der Waals surface area contributed by atoms with Crippen LogP contribution in [0.15, 0.2) is 48.5 Å². The molecule has 100 valence electrons. The van der Waals surface area contributed by atoms with E-state index in [1.54, 1.807) is 12.1 Å². The van der Waals surface area contributed by atoms with Crippen molar-refractivity contribution in [2.24, 2.45) is 0 Å². The summed E-state index contributed by atoms with van der Waals surface area (Å²) >= 11 is 0. The largest absolute Gasteiger partial charge is 0.388 e. The Labute approximate surface area is 112 Å². The molecule has 19 heavy (non-hydrogen) atoms. The topological polar surface area (TPSA) is 12.0 Å². The highest BCUT2D eigenvalue weighted by Crippen LogP contribution is 2.34. The number of alkyl halides is 2. The van der Waals surface area contributed by atoms with Gasteiger partial charge in [0.15, 0.2) is 0 Å².